The number of nitrogens with zero attached hydrogens (tertiary/aromatic N) is 3. The summed E-state index contributed by atoms with van der Waals surface area (Å²) < 4.78 is 28.7. The summed E-state index contributed by atoms with van der Waals surface area (Å²) in [6.07, 6.45) is 1.43. The average Bonchev–Trinajstić information content (AvgIpc) is 3.29. The van der Waals surface area contributed by atoms with Crippen LogP contribution >= 0.6 is 11.6 Å². The minimum absolute atomic E-state index is 0.0337. The van der Waals surface area contributed by atoms with Gasteiger partial charge in [-0.05, 0) is 62.9 Å². The molecular weight excluding hydrogens is 532 g/mol. The number of rotatable bonds is 3. The van der Waals surface area contributed by atoms with Crippen molar-refractivity contribution in [2.24, 2.45) is 11.3 Å². The van der Waals surface area contributed by atoms with Crippen molar-refractivity contribution in [3.05, 3.63) is 70.2 Å². The summed E-state index contributed by atoms with van der Waals surface area (Å²) in [7, 11) is 0. The van der Waals surface area contributed by atoms with Crippen LogP contribution in [0.1, 0.15) is 77.5 Å². The smallest absolute Gasteiger partial charge is 0.228 e. The molecule has 2 aliphatic heterocycles. The SMILES string of the molecule is CC(C)(C)C(=O)N1CCN(C(=O)C2CN(C(C)(C)C)CC2c2ccc(F)cc2F)CCCC1c1ccc(Cl)cc1. The number of hydrogen-bond acceptors (Lipinski definition) is 3. The number of amides is 2. The number of likely N-dealkylation sites (tertiary alicyclic amines) is 1. The zero-order chi connectivity index (χ0) is 29.4. The van der Waals surface area contributed by atoms with Crippen molar-refractivity contribution in [1.29, 1.82) is 0 Å². The van der Waals surface area contributed by atoms with E-state index in [2.05, 4.69) is 25.7 Å². The van der Waals surface area contributed by atoms with Gasteiger partial charge in [0.15, 0.2) is 0 Å². The van der Waals surface area contributed by atoms with Gasteiger partial charge in [0.2, 0.25) is 11.8 Å². The molecule has 0 saturated carbocycles. The van der Waals surface area contributed by atoms with E-state index in [4.69, 9.17) is 11.6 Å². The summed E-state index contributed by atoms with van der Waals surface area (Å²) >= 11 is 6.14. The predicted molar refractivity (Wildman–Crippen MR) is 155 cm³/mol. The third kappa shape index (κ3) is 6.68. The highest BCUT2D eigenvalue weighted by atomic mass is 35.5. The number of carbonyl (C=O) groups excluding carboxylic acids is 2. The number of halogens is 3. The van der Waals surface area contributed by atoms with Crippen LogP contribution in [-0.2, 0) is 9.59 Å². The Morgan fingerprint density at radius 3 is 2.17 bits per heavy atom. The lowest BCUT2D eigenvalue weighted by atomic mass is 9.87. The summed E-state index contributed by atoms with van der Waals surface area (Å²) in [5.74, 6) is -2.08. The molecule has 0 bridgehead atoms. The lowest BCUT2D eigenvalue weighted by molar-refractivity contribution is -0.145. The van der Waals surface area contributed by atoms with Gasteiger partial charge in [-0.25, -0.2) is 8.78 Å². The maximum atomic E-state index is 15.0. The molecule has 2 heterocycles. The molecule has 8 heteroatoms. The highest BCUT2D eigenvalue weighted by molar-refractivity contribution is 6.30. The minimum Gasteiger partial charge on any atom is -0.341 e. The van der Waals surface area contributed by atoms with Gasteiger partial charge in [0, 0.05) is 60.7 Å². The molecule has 2 fully saturated rings. The monoisotopic (exact) mass is 573 g/mol. The number of hydrogen-bond donors (Lipinski definition) is 0. The van der Waals surface area contributed by atoms with Gasteiger partial charge >= 0.3 is 0 Å². The van der Waals surface area contributed by atoms with Gasteiger partial charge in [0.25, 0.3) is 0 Å². The van der Waals surface area contributed by atoms with E-state index in [0.717, 1.165) is 18.1 Å². The van der Waals surface area contributed by atoms with Crippen LogP contribution < -0.4 is 0 Å². The second kappa shape index (κ2) is 11.8. The average molecular weight is 574 g/mol. The molecule has 218 valence electrons. The molecule has 2 aromatic rings. The van der Waals surface area contributed by atoms with Crippen LogP contribution in [0.3, 0.4) is 0 Å². The maximum Gasteiger partial charge on any atom is 0.228 e. The van der Waals surface area contributed by atoms with Crippen molar-refractivity contribution in [2.45, 2.75) is 71.9 Å². The van der Waals surface area contributed by atoms with Crippen molar-refractivity contribution in [3.8, 4) is 0 Å². The van der Waals surface area contributed by atoms with Gasteiger partial charge in [-0.2, -0.15) is 0 Å². The van der Waals surface area contributed by atoms with Gasteiger partial charge in [-0.15, -0.1) is 0 Å². The molecule has 0 spiro atoms. The van der Waals surface area contributed by atoms with Crippen LogP contribution in [0.15, 0.2) is 42.5 Å². The van der Waals surface area contributed by atoms with E-state index in [1.54, 1.807) is 0 Å². The Morgan fingerprint density at radius 1 is 0.900 bits per heavy atom. The molecule has 4 rings (SSSR count). The standard InChI is InChI=1S/C32H42ClF2N3O2/c1-31(2,3)30(40)38-17-16-36(15-7-8-28(38)21-9-11-22(33)12-10-21)29(39)26-20-37(32(4,5)6)19-25(26)24-14-13-23(34)18-27(24)35/h9-14,18,25-26,28H,7-8,15-17,19-20H2,1-6H3. The minimum atomic E-state index is -0.627. The van der Waals surface area contributed by atoms with Crippen LogP contribution in [0.5, 0.6) is 0 Å². The first-order valence-electron chi connectivity index (χ1n) is 14.2. The van der Waals surface area contributed by atoms with Crippen LogP contribution in [0.2, 0.25) is 5.02 Å². The van der Waals surface area contributed by atoms with E-state index in [-0.39, 0.29) is 29.3 Å². The van der Waals surface area contributed by atoms with Gasteiger partial charge < -0.3 is 9.80 Å². The van der Waals surface area contributed by atoms with Gasteiger partial charge in [-0.1, -0.05) is 50.6 Å². The Kier molecular flexibility index (Phi) is 8.96. The predicted octanol–water partition coefficient (Wildman–Crippen LogP) is 6.67. The van der Waals surface area contributed by atoms with Crippen molar-refractivity contribution < 1.29 is 18.4 Å². The molecule has 0 aromatic heterocycles. The Bertz CT molecular complexity index is 1220. The lowest BCUT2D eigenvalue weighted by Crippen LogP contribution is -2.50. The van der Waals surface area contributed by atoms with Crippen LogP contribution in [0.25, 0.3) is 0 Å². The van der Waals surface area contributed by atoms with Gasteiger partial charge in [-0.3, -0.25) is 14.5 Å². The van der Waals surface area contributed by atoms with Gasteiger partial charge in [0.1, 0.15) is 11.6 Å². The maximum absolute atomic E-state index is 15.0. The largest absolute Gasteiger partial charge is 0.341 e. The van der Waals surface area contributed by atoms with Crippen LogP contribution in [0, 0.1) is 23.0 Å². The molecule has 2 aliphatic rings. The topological polar surface area (TPSA) is 43.9 Å². The molecular formula is C32H42ClF2N3O2. The second-order valence-corrected chi connectivity index (χ2v) is 13.7. The van der Waals surface area contributed by atoms with Crippen molar-refractivity contribution in [2.75, 3.05) is 32.7 Å². The number of carbonyl (C=O) groups is 2. The second-order valence-electron chi connectivity index (χ2n) is 13.2. The first kappa shape index (κ1) is 30.4. The Morgan fingerprint density at radius 2 is 1.57 bits per heavy atom. The van der Waals surface area contributed by atoms with E-state index >= 15 is 0 Å². The Hall–Kier alpha value is -2.51. The third-order valence-corrected chi connectivity index (χ3v) is 8.56. The van der Waals surface area contributed by atoms with Crippen molar-refractivity contribution in [3.63, 3.8) is 0 Å². The summed E-state index contributed by atoms with van der Waals surface area (Å²) in [4.78, 5) is 33.8. The van der Waals surface area contributed by atoms with E-state index in [9.17, 15) is 18.4 Å². The molecule has 3 atom stereocenters. The van der Waals surface area contributed by atoms with Crippen LogP contribution in [0.4, 0.5) is 8.78 Å². The van der Waals surface area contributed by atoms with Crippen molar-refractivity contribution in [1.82, 2.24) is 14.7 Å². The fraction of sp³-hybridized carbons (Fsp3) is 0.562. The Labute approximate surface area is 242 Å². The van der Waals surface area contributed by atoms with E-state index in [1.807, 2.05) is 54.8 Å². The molecule has 3 unspecified atom stereocenters. The van der Waals surface area contributed by atoms with E-state index in [0.29, 0.717) is 49.7 Å². The summed E-state index contributed by atoms with van der Waals surface area (Å²) in [5.41, 5.74) is 0.626. The zero-order valence-electron chi connectivity index (χ0n) is 24.5. The molecule has 2 aromatic carbocycles. The first-order chi connectivity index (χ1) is 18.7. The van der Waals surface area contributed by atoms with Crippen molar-refractivity contribution >= 4 is 23.4 Å². The van der Waals surface area contributed by atoms with E-state index in [1.165, 1.54) is 12.1 Å². The summed E-state index contributed by atoms with van der Waals surface area (Å²) in [6, 6.07) is 11.2. The zero-order valence-corrected chi connectivity index (χ0v) is 25.3. The highest BCUT2D eigenvalue weighted by Crippen LogP contribution is 2.39. The highest BCUT2D eigenvalue weighted by Gasteiger charge is 2.45. The summed E-state index contributed by atoms with van der Waals surface area (Å²) in [5, 5.41) is 0.646. The molecule has 0 radical (unpaired) electrons. The molecule has 2 amide bonds. The third-order valence-electron chi connectivity index (χ3n) is 8.31. The Balaban J connectivity index is 1.61. The fourth-order valence-corrected chi connectivity index (χ4v) is 6.13. The first-order valence-corrected chi connectivity index (χ1v) is 14.6. The molecule has 2 saturated heterocycles. The molecule has 0 N–H and O–H groups in total. The quantitative estimate of drug-likeness (QED) is 0.412. The summed E-state index contributed by atoms with van der Waals surface area (Å²) in [6.45, 7) is 14.4. The van der Waals surface area contributed by atoms with Crippen LogP contribution in [-0.4, -0.2) is 64.8 Å². The lowest BCUT2D eigenvalue weighted by Gasteiger charge is -2.40. The van der Waals surface area contributed by atoms with Gasteiger partial charge in [0.05, 0.1) is 12.0 Å². The molecule has 0 aliphatic carbocycles. The molecule has 5 nitrogen and oxygen atoms in total. The fourth-order valence-electron chi connectivity index (χ4n) is 6.01. The molecule has 40 heavy (non-hydrogen) atoms. The number of benzene rings is 2. The normalized spacial score (nSPS) is 23.2. The van der Waals surface area contributed by atoms with E-state index < -0.39 is 23.0 Å².